The molecule has 0 saturated carbocycles. The molecule has 8 nitrogen and oxygen atoms in total. The Labute approximate surface area is 144 Å². The van der Waals surface area contributed by atoms with Crippen molar-refractivity contribution in [1.82, 2.24) is 9.88 Å². The van der Waals surface area contributed by atoms with Crippen LogP contribution in [0.2, 0.25) is 0 Å². The number of pyridine rings is 1. The van der Waals surface area contributed by atoms with Crippen LogP contribution in [0, 0.1) is 0 Å². The molecule has 0 fully saturated rings. The number of nitrogens with one attached hydrogen (secondary N) is 1. The first kappa shape index (κ1) is 16.7. The highest BCUT2D eigenvalue weighted by molar-refractivity contribution is 6.21. The molecule has 3 rings (SSSR count). The Hall–Kier alpha value is -3.13. The molecule has 0 aromatic carbocycles. The maximum absolute atomic E-state index is 11.5. The Morgan fingerprint density at radius 3 is 2.96 bits per heavy atom. The Morgan fingerprint density at radius 2 is 2.24 bits per heavy atom. The fourth-order valence-corrected chi connectivity index (χ4v) is 2.44. The normalized spacial score (nSPS) is 14.3. The van der Waals surface area contributed by atoms with E-state index >= 15 is 0 Å². The van der Waals surface area contributed by atoms with E-state index < -0.39 is 11.7 Å². The van der Waals surface area contributed by atoms with Gasteiger partial charge in [0.25, 0.3) is 0 Å². The average molecular weight is 342 g/mol. The highest BCUT2D eigenvalue weighted by atomic mass is 16.4. The van der Waals surface area contributed by atoms with Gasteiger partial charge in [0, 0.05) is 36.6 Å². The Bertz CT molecular complexity index is 868. The number of aromatic hydroxyl groups is 1. The molecular formula is C17H18N4O4. The van der Waals surface area contributed by atoms with Crippen molar-refractivity contribution in [3.63, 3.8) is 0 Å². The molecule has 130 valence electrons. The smallest absolute Gasteiger partial charge is 0.345 e. The van der Waals surface area contributed by atoms with Crippen molar-refractivity contribution >= 4 is 35.5 Å². The van der Waals surface area contributed by atoms with Crippen molar-refractivity contribution in [2.45, 2.75) is 0 Å². The van der Waals surface area contributed by atoms with Gasteiger partial charge >= 0.3 is 5.97 Å². The number of rotatable bonds is 6. The summed E-state index contributed by atoms with van der Waals surface area (Å²) in [6, 6.07) is 3.62. The van der Waals surface area contributed by atoms with Crippen LogP contribution in [0.15, 0.2) is 27.7 Å². The van der Waals surface area contributed by atoms with Crippen LogP contribution in [0.3, 0.4) is 0 Å². The topological polar surface area (TPSA) is 111 Å². The van der Waals surface area contributed by atoms with E-state index in [4.69, 9.17) is 4.42 Å². The Kier molecular flexibility index (Phi) is 4.53. The molecule has 25 heavy (non-hydrogen) atoms. The summed E-state index contributed by atoms with van der Waals surface area (Å²) in [6.07, 6.45) is 4.79. The summed E-state index contributed by atoms with van der Waals surface area (Å²) in [5.41, 5.74) is 1.19. The molecule has 0 unspecified atom stereocenters. The van der Waals surface area contributed by atoms with E-state index in [0.717, 1.165) is 5.56 Å². The van der Waals surface area contributed by atoms with Gasteiger partial charge in [0.2, 0.25) is 5.88 Å². The van der Waals surface area contributed by atoms with Gasteiger partial charge in [0.05, 0.1) is 0 Å². The highest BCUT2D eigenvalue weighted by Gasteiger charge is 2.25. The summed E-state index contributed by atoms with van der Waals surface area (Å²) < 4.78 is 5.55. The van der Waals surface area contributed by atoms with E-state index in [1.54, 1.807) is 24.6 Å². The van der Waals surface area contributed by atoms with Crippen molar-refractivity contribution in [3.05, 3.63) is 35.2 Å². The summed E-state index contributed by atoms with van der Waals surface area (Å²) in [4.78, 5) is 21.7. The number of aromatic nitrogens is 1. The second-order valence-electron chi connectivity index (χ2n) is 5.79. The minimum Gasteiger partial charge on any atom is -0.504 e. The third-order valence-corrected chi connectivity index (χ3v) is 3.68. The van der Waals surface area contributed by atoms with E-state index in [9.17, 15) is 15.0 Å². The average Bonchev–Trinajstić information content (AvgIpc) is 3.10. The first-order valence-corrected chi connectivity index (χ1v) is 7.66. The molecule has 2 aromatic rings. The number of carboxylic acid groups (broad SMARTS) is 1. The van der Waals surface area contributed by atoms with Gasteiger partial charge in [0.15, 0.2) is 22.9 Å². The molecule has 1 aliphatic rings. The molecule has 0 radical (unpaired) electrons. The number of hydrogen-bond acceptors (Lipinski definition) is 7. The van der Waals surface area contributed by atoms with Crippen LogP contribution >= 0.6 is 0 Å². The summed E-state index contributed by atoms with van der Waals surface area (Å²) >= 11 is 0. The summed E-state index contributed by atoms with van der Waals surface area (Å²) in [5.74, 6) is -1.02. The van der Waals surface area contributed by atoms with Crippen LogP contribution in [-0.2, 0) is 0 Å². The molecule has 0 amide bonds. The van der Waals surface area contributed by atoms with Crippen molar-refractivity contribution in [3.8, 4) is 5.75 Å². The van der Waals surface area contributed by atoms with E-state index in [1.165, 1.54) is 0 Å². The second-order valence-corrected chi connectivity index (χ2v) is 5.79. The molecule has 3 N–H and O–H groups in total. The van der Waals surface area contributed by atoms with Crippen molar-refractivity contribution in [1.29, 1.82) is 0 Å². The first-order valence-electron chi connectivity index (χ1n) is 7.66. The maximum atomic E-state index is 11.5. The summed E-state index contributed by atoms with van der Waals surface area (Å²) in [7, 11) is 3.81. The van der Waals surface area contributed by atoms with Crippen LogP contribution in [0.1, 0.15) is 21.7 Å². The summed E-state index contributed by atoms with van der Waals surface area (Å²) in [6.45, 7) is 1.16. The van der Waals surface area contributed by atoms with Crippen molar-refractivity contribution in [2.75, 3.05) is 32.5 Å². The predicted octanol–water partition coefficient (Wildman–Crippen LogP) is 2.31. The number of nitrogens with zero attached hydrogens (tertiary/aromatic N) is 3. The lowest BCUT2D eigenvalue weighted by Crippen LogP contribution is -2.21. The standard InChI is InChI=1S/C17H18N4O4/c1-21(2)7-6-19-16-13(17(23)24)14(22)12(25-16)8-10-9-20-15-11(10)4-3-5-18-15/h3-5,8-9,19,22H,6-7H2,1-2H3,(H,23,24). The lowest BCUT2D eigenvalue weighted by molar-refractivity contribution is 0.0694. The SMILES string of the molecule is CN(C)CCNc1oc(C=C2C=Nc3ncccc32)c(O)c1C(=O)O. The zero-order valence-corrected chi connectivity index (χ0v) is 13.9. The third kappa shape index (κ3) is 3.38. The number of fused-ring (bicyclic) bond motifs is 1. The minimum absolute atomic E-state index is 0.0278. The highest BCUT2D eigenvalue weighted by Crippen LogP contribution is 2.37. The second kappa shape index (κ2) is 6.78. The fourth-order valence-electron chi connectivity index (χ4n) is 2.44. The van der Waals surface area contributed by atoms with Crippen LogP contribution in [-0.4, -0.2) is 59.5 Å². The molecule has 0 spiro atoms. The molecule has 0 atom stereocenters. The maximum Gasteiger partial charge on any atom is 0.345 e. The molecule has 8 heteroatoms. The van der Waals surface area contributed by atoms with E-state index in [2.05, 4.69) is 15.3 Å². The molecule has 1 aliphatic heterocycles. The monoisotopic (exact) mass is 342 g/mol. The lowest BCUT2D eigenvalue weighted by Gasteiger charge is -2.09. The van der Waals surface area contributed by atoms with Gasteiger partial charge in [0.1, 0.15) is 0 Å². The van der Waals surface area contributed by atoms with Crippen molar-refractivity contribution in [2.24, 2.45) is 4.99 Å². The summed E-state index contributed by atoms with van der Waals surface area (Å²) in [5, 5.41) is 22.5. The van der Waals surface area contributed by atoms with Gasteiger partial charge in [-0.2, -0.15) is 0 Å². The van der Waals surface area contributed by atoms with E-state index in [0.29, 0.717) is 24.5 Å². The molecule has 0 aliphatic carbocycles. The predicted molar refractivity (Wildman–Crippen MR) is 94.6 cm³/mol. The van der Waals surface area contributed by atoms with E-state index in [1.807, 2.05) is 25.1 Å². The van der Waals surface area contributed by atoms with Crippen molar-refractivity contribution < 1.29 is 19.4 Å². The van der Waals surface area contributed by atoms with Gasteiger partial charge in [-0.1, -0.05) is 0 Å². The van der Waals surface area contributed by atoms with Crippen LogP contribution in [0.25, 0.3) is 11.6 Å². The quantitative estimate of drug-likeness (QED) is 0.738. The van der Waals surface area contributed by atoms with Gasteiger partial charge in [-0.3, -0.25) is 0 Å². The number of carboxylic acids is 1. The van der Waals surface area contributed by atoms with Crippen LogP contribution < -0.4 is 5.32 Å². The number of anilines is 1. The van der Waals surface area contributed by atoms with Gasteiger partial charge in [-0.05, 0) is 32.3 Å². The van der Waals surface area contributed by atoms with Gasteiger partial charge < -0.3 is 24.8 Å². The largest absolute Gasteiger partial charge is 0.504 e. The molecule has 2 aromatic heterocycles. The zero-order chi connectivity index (χ0) is 18.0. The van der Waals surface area contributed by atoms with Gasteiger partial charge in [-0.25, -0.2) is 14.8 Å². The fraction of sp³-hybridized carbons (Fsp3) is 0.235. The number of aliphatic imine (C=N–C) groups is 1. The Balaban J connectivity index is 1.94. The first-order chi connectivity index (χ1) is 12.0. The number of furan rings is 1. The number of carbonyl (C=O) groups is 1. The zero-order valence-electron chi connectivity index (χ0n) is 13.9. The van der Waals surface area contributed by atoms with Gasteiger partial charge in [-0.15, -0.1) is 0 Å². The number of aromatic carboxylic acids is 1. The lowest BCUT2D eigenvalue weighted by atomic mass is 10.1. The number of likely N-dealkylation sites (N-methyl/N-ethyl adjacent to an activating group) is 1. The molecule has 0 saturated heterocycles. The Morgan fingerprint density at radius 1 is 1.44 bits per heavy atom. The number of hydrogen-bond donors (Lipinski definition) is 3. The minimum atomic E-state index is -1.26. The molecular weight excluding hydrogens is 324 g/mol. The van der Waals surface area contributed by atoms with E-state index in [-0.39, 0.29) is 17.2 Å². The van der Waals surface area contributed by atoms with Crippen LogP contribution in [0.4, 0.5) is 11.7 Å². The molecule has 3 heterocycles. The third-order valence-electron chi connectivity index (χ3n) is 3.68. The number of allylic oxidation sites excluding steroid dienone is 1. The van der Waals surface area contributed by atoms with Crippen LogP contribution in [0.5, 0.6) is 5.75 Å². The molecule has 0 bridgehead atoms.